The van der Waals surface area contributed by atoms with Gasteiger partial charge in [-0.2, -0.15) is 0 Å². The molecule has 0 aliphatic heterocycles. The van der Waals surface area contributed by atoms with Crippen molar-refractivity contribution < 1.29 is 14.3 Å². The predicted molar refractivity (Wildman–Crippen MR) is 136 cm³/mol. The van der Waals surface area contributed by atoms with Crippen LogP contribution in [0.2, 0.25) is 0 Å². The molecular weight excluding hydrogens is 442 g/mol. The predicted octanol–water partition coefficient (Wildman–Crippen LogP) is 4.95. The van der Waals surface area contributed by atoms with Gasteiger partial charge in [0.25, 0.3) is 0 Å². The number of methoxy groups -OCH3 is 1. The highest BCUT2D eigenvalue weighted by atomic mass is 16.6. The summed E-state index contributed by atoms with van der Waals surface area (Å²) < 4.78 is 10.6. The molecule has 1 unspecified atom stereocenters. The van der Waals surface area contributed by atoms with Crippen LogP contribution in [0.3, 0.4) is 0 Å². The van der Waals surface area contributed by atoms with E-state index in [-0.39, 0.29) is 18.4 Å². The number of nitrogens with zero attached hydrogens (tertiary/aromatic N) is 3. The summed E-state index contributed by atoms with van der Waals surface area (Å²) in [5, 5.41) is 12.5. The van der Waals surface area contributed by atoms with Gasteiger partial charge in [-0.25, -0.2) is 15.0 Å². The molecule has 0 spiro atoms. The number of aryl methyl sites for hydroxylation is 1. The number of fused-ring (bicyclic) bond motifs is 1. The molecule has 0 amide bonds. The Balaban J connectivity index is 1.55. The van der Waals surface area contributed by atoms with Crippen LogP contribution in [0.4, 0.5) is 0 Å². The maximum atomic E-state index is 12.4. The molecule has 35 heavy (non-hydrogen) atoms. The van der Waals surface area contributed by atoms with Crippen molar-refractivity contribution in [3.05, 3.63) is 72.3 Å². The van der Waals surface area contributed by atoms with Gasteiger partial charge in [0.1, 0.15) is 5.60 Å². The van der Waals surface area contributed by atoms with Crippen molar-refractivity contribution in [3.63, 3.8) is 0 Å². The van der Waals surface area contributed by atoms with Crippen LogP contribution in [0.1, 0.15) is 57.3 Å². The number of nitrogens with one attached hydrogen (secondary N) is 2. The van der Waals surface area contributed by atoms with Crippen molar-refractivity contribution in [1.82, 2.24) is 20.3 Å². The van der Waals surface area contributed by atoms with Crippen molar-refractivity contribution in [2.75, 3.05) is 7.11 Å². The molecule has 8 heteroatoms. The van der Waals surface area contributed by atoms with Gasteiger partial charge in [0.05, 0.1) is 19.6 Å². The maximum absolute atomic E-state index is 12.4. The number of pyridine rings is 3. The highest BCUT2D eigenvalue weighted by Crippen LogP contribution is 2.21. The fourth-order valence-electron chi connectivity index (χ4n) is 3.48. The van der Waals surface area contributed by atoms with Gasteiger partial charge in [-0.1, -0.05) is 6.07 Å². The number of hydrogen-bond acceptors (Lipinski definition) is 8. The van der Waals surface area contributed by atoms with E-state index in [2.05, 4.69) is 20.3 Å². The highest BCUT2D eigenvalue weighted by molar-refractivity contribution is 5.92. The second kappa shape index (κ2) is 12.1. The summed E-state index contributed by atoms with van der Waals surface area (Å²) >= 11 is 0. The van der Waals surface area contributed by atoms with Gasteiger partial charge < -0.3 is 20.2 Å². The molecule has 0 bridgehead atoms. The van der Waals surface area contributed by atoms with Crippen LogP contribution >= 0.6 is 0 Å². The minimum Gasteiger partial charge on any atom is -0.481 e. The molecule has 3 aromatic heterocycles. The molecule has 3 heterocycles. The van der Waals surface area contributed by atoms with Gasteiger partial charge in [0.15, 0.2) is 5.65 Å². The Hall–Kier alpha value is -3.81. The normalized spacial score (nSPS) is 12.5. The lowest BCUT2D eigenvalue weighted by Gasteiger charge is -2.22. The lowest BCUT2D eigenvalue weighted by atomic mass is 10.1. The van der Waals surface area contributed by atoms with Crippen molar-refractivity contribution >= 4 is 22.7 Å². The lowest BCUT2D eigenvalue weighted by molar-refractivity contribution is -0.155. The van der Waals surface area contributed by atoms with E-state index in [4.69, 9.17) is 14.9 Å². The summed E-state index contributed by atoms with van der Waals surface area (Å²) in [7, 11) is 1.56. The molecule has 0 saturated heterocycles. The van der Waals surface area contributed by atoms with Crippen LogP contribution in [-0.2, 0) is 16.0 Å². The molecule has 0 saturated carbocycles. The van der Waals surface area contributed by atoms with Gasteiger partial charge in [-0.15, -0.1) is 0 Å². The first kappa shape index (κ1) is 25.8. The van der Waals surface area contributed by atoms with Crippen LogP contribution in [0.25, 0.3) is 11.0 Å². The minimum atomic E-state index is -0.562. The molecule has 3 aromatic rings. The smallest absolute Gasteiger partial charge is 0.308 e. The standard InChI is InChI=1S/C27H33N5O3/c1-27(2,3)35-25(33)17-23(20-11-13-24(34-4)31-18-20)29-16-14-21(28)8-5-9-22-12-10-19-7-6-15-30-26(19)32-22/h6-7,10-16,18,23,28-29H,5,8-9,17H2,1-4H3/b16-14-,28-21?. The van der Waals surface area contributed by atoms with E-state index in [1.54, 1.807) is 37.8 Å². The Kier molecular flexibility index (Phi) is 8.89. The molecule has 1 atom stereocenters. The molecule has 3 rings (SSSR count). The SMILES string of the molecule is COc1ccc(C(CC(=O)OC(C)(C)C)N/C=C\C(=N)CCCc2ccc3cccnc3n2)cn1. The Morgan fingerprint density at radius 1 is 1.17 bits per heavy atom. The third kappa shape index (κ3) is 8.48. The quantitative estimate of drug-likeness (QED) is 0.298. The fraction of sp³-hybridized carbons (Fsp3) is 0.370. The maximum Gasteiger partial charge on any atom is 0.308 e. The second-order valence-electron chi connectivity index (χ2n) is 9.21. The zero-order valence-electron chi connectivity index (χ0n) is 20.7. The number of aromatic nitrogens is 3. The zero-order valence-corrected chi connectivity index (χ0v) is 20.7. The van der Waals surface area contributed by atoms with Crippen LogP contribution in [0.15, 0.2) is 61.1 Å². The van der Waals surface area contributed by atoms with Crippen LogP contribution in [-0.4, -0.2) is 39.3 Å². The lowest BCUT2D eigenvalue weighted by Crippen LogP contribution is -2.27. The van der Waals surface area contributed by atoms with E-state index in [1.165, 1.54) is 0 Å². The third-order valence-electron chi connectivity index (χ3n) is 5.14. The highest BCUT2D eigenvalue weighted by Gasteiger charge is 2.21. The first-order valence-corrected chi connectivity index (χ1v) is 11.7. The number of esters is 1. The second-order valence-corrected chi connectivity index (χ2v) is 9.21. The summed E-state index contributed by atoms with van der Waals surface area (Å²) in [4.78, 5) is 25.6. The summed E-state index contributed by atoms with van der Waals surface area (Å²) in [6, 6.07) is 11.2. The Morgan fingerprint density at radius 2 is 2.00 bits per heavy atom. The molecule has 0 aromatic carbocycles. The average Bonchev–Trinajstić information content (AvgIpc) is 2.82. The largest absolute Gasteiger partial charge is 0.481 e. The summed E-state index contributed by atoms with van der Waals surface area (Å²) in [6.07, 6.45) is 9.16. The van der Waals surface area contributed by atoms with Gasteiger partial charge in [-0.3, -0.25) is 4.79 Å². The van der Waals surface area contributed by atoms with Gasteiger partial charge in [0.2, 0.25) is 5.88 Å². The summed E-state index contributed by atoms with van der Waals surface area (Å²) in [5.41, 5.74) is 2.46. The average molecular weight is 476 g/mol. The molecule has 0 fully saturated rings. The molecule has 0 radical (unpaired) electrons. The molecular formula is C27H33N5O3. The Labute approximate surface area is 206 Å². The number of allylic oxidation sites excluding steroid dienone is 1. The summed E-state index contributed by atoms with van der Waals surface area (Å²) in [6.45, 7) is 5.52. The van der Waals surface area contributed by atoms with Gasteiger partial charge in [-0.05, 0) is 82.1 Å². The monoisotopic (exact) mass is 475 g/mol. The van der Waals surface area contributed by atoms with Crippen molar-refractivity contribution in [2.24, 2.45) is 0 Å². The molecule has 8 nitrogen and oxygen atoms in total. The number of hydrogen-bond donors (Lipinski definition) is 2. The van der Waals surface area contributed by atoms with Gasteiger partial charge >= 0.3 is 5.97 Å². The number of carbonyl (C=O) groups is 1. The number of ether oxygens (including phenoxy) is 2. The Morgan fingerprint density at radius 3 is 2.71 bits per heavy atom. The van der Waals surface area contributed by atoms with E-state index in [0.717, 1.165) is 35.1 Å². The fourth-order valence-corrected chi connectivity index (χ4v) is 3.48. The first-order chi connectivity index (χ1) is 16.7. The topological polar surface area (TPSA) is 110 Å². The molecule has 184 valence electrons. The Bertz CT molecular complexity index is 1170. The van der Waals surface area contributed by atoms with Crippen LogP contribution in [0.5, 0.6) is 5.88 Å². The van der Waals surface area contributed by atoms with Crippen molar-refractivity contribution in [1.29, 1.82) is 5.41 Å². The number of rotatable bonds is 11. The van der Waals surface area contributed by atoms with E-state index in [1.807, 2.05) is 51.1 Å². The van der Waals surface area contributed by atoms with E-state index >= 15 is 0 Å². The minimum absolute atomic E-state index is 0.130. The van der Waals surface area contributed by atoms with E-state index in [9.17, 15) is 4.79 Å². The van der Waals surface area contributed by atoms with E-state index in [0.29, 0.717) is 18.0 Å². The molecule has 2 N–H and O–H groups in total. The van der Waals surface area contributed by atoms with Crippen LogP contribution in [0, 0.1) is 5.41 Å². The first-order valence-electron chi connectivity index (χ1n) is 11.7. The zero-order chi connectivity index (χ0) is 25.3. The van der Waals surface area contributed by atoms with E-state index < -0.39 is 5.60 Å². The number of carbonyl (C=O) groups excluding carboxylic acids is 1. The van der Waals surface area contributed by atoms with Crippen LogP contribution < -0.4 is 10.1 Å². The summed E-state index contributed by atoms with van der Waals surface area (Å²) in [5.74, 6) is 0.186. The van der Waals surface area contributed by atoms with Crippen molar-refractivity contribution in [2.45, 2.75) is 58.1 Å². The third-order valence-corrected chi connectivity index (χ3v) is 5.14. The molecule has 0 aliphatic carbocycles. The van der Waals surface area contributed by atoms with Gasteiger partial charge in [0, 0.05) is 35.3 Å². The molecule has 0 aliphatic rings. The van der Waals surface area contributed by atoms with Crippen molar-refractivity contribution in [3.8, 4) is 5.88 Å².